The van der Waals surface area contributed by atoms with Crippen LogP contribution >= 0.6 is 0 Å². The van der Waals surface area contributed by atoms with Gasteiger partial charge in [0.25, 0.3) is 0 Å². The number of benzene rings is 2. The van der Waals surface area contributed by atoms with Crippen molar-refractivity contribution in [1.82, 2.24) is 4.72 Å². The lowest BCUT2D eigenvalue weighted by Gasteiger charge is -2.14. The minimum Gasteiger partial charge on any atom is -0.404 e. The molecule has 0 aliphatic carbocycles. The molecular weight excluding hydrogens is 388 g/mol. The first-order valence-corrected chi connectivity index (χ1v) is 8.37. The van der Waals surface area contributed by atoms with Crippen LogP contribution in [-0.2, 0) is 22.7 Å². The van der Waals surface area contributed by atoms with Gasteiger partial charge in [-0.15, -0.1) is 13.2 Å². The zero-order valence-electron chi connectivity index (χ0n) is 12.7. The van der Waals surface area contributed by atoms with Crippen molar-refractivity contribution in [2.24, 2.45) is 0 Å². The van der Waals surface area contributed by atoms with E-state index >= 15 is 0 Å². The van der Waals surface area contributed by atoms with Gasteiger partial charge in [0.05, 0.1) is 5.56 Å². The van der Waals surface area contributed by atoms with E-state index in [2.05, 4.69) is 4.74 Å². The molecule has 11 heteroatoms. The number of hydrogen-bond donors (Lipinski definition) is 1. The Balaban J connectivity index is 2.23. The van der Waals surface area contributed by atoms with Crippen LogP contribution in [0.3, 0.4) is 0 Å². The Kier molecular flexibility index (Phi) is 5.52. The van der Waals surface area contributed by atoms with Crippen LogP contribution in [0.1, 0.15) is 11.1 Å². The lowest BCUT2D eigenvalue weighted by Crippen LogP contribution is -2.25. The first kappa shape index (κ1) is 20.0. The van der Waals surface area contributed by atoms with Gasteiger partial charge in [-0.05, 0) is 23.8 Å². The standard InChI is InChI=1S/C15H11F6NO3S/c16-14(17,18)11-5-3-4-10(8-11)9-22-26(23,24)13-7-2-1-6-12(13)25-15(19,20)21/h1-8,22H,9H2. The van der Waals surface area contributed by atoms with Gasteiger partial charge in [-0.25, -0.2) is 13.1 Å². The van der Waals surface area contributed by atoms with E-state index in [-0.39, 0.29) is 5.56 Å². The highest BCUT2D eigenvalue weighted by Crippen LogP contribution is 2.31. The fraction of sp³-hybridized carbons (Fsp3) is 0.200. The van der Waals surface area contributed by atoms with Crippen molar-refractivity contribution in [2.75, 3.05) is 0 Å². The summed E-state index contributed by atoms with van der Waals surface area (Å²) in [7, 11) is -4.47. The maximum absolute atomic E-state index is 12.7. The summed E-state index contributed by atoms with van der Waals surface area (Å²) in [5.74, 6) is -0.948. The second-order valence-corrected chi connectivity index (χ2v) is 6.75. The molecule has 0 amide bonds. The van der Waals surface area contributed by atoms with Gasteiger partial charge < -0.3 is 4.74 Å². The number of para-hydroxylation sites is 1. The maximum atomic E-state index is 12.7. The first-order chi connectivity index (χ1) is 11.9. The van der Waals surface area contributed by atoms with E-state index in [9.17, 15) is 34.8 Å². The molecule has 0 saturated carbocycles. The molecule has 0 heterocycles. The molecule has 0 aliphatic rings. The van der Waals surface area contributed by atoms with Crippen molar-refractivity contribution in [1.29, 1.82) is 0 Å². The number of ether oxygens (including phenoxy) is 1. The van der Waals surface area contributed by atoms with E-state index in [4.69, 9.17) is 0 Å². The Bertz CT molecular complexity index is 877. The summed E-state index contributed by atoms with van der Waals surface area (Å²) >= 11 is 0. The smallest absolute Gasteiger partial charge is 0.404 e. The zero-order valence-corrected chi connectivity index (χ0v) is 13.5. The van der Waals surface area contributed by atoms with Crippen molar-refractivity contribution in [3.05, 3.63) is 59.7 Å². The molecule has 0 aromatic heterocycles. The second-order valence-electron chi connectivity index (χ2n) is 5.02. The summed E-state index contributed by atoms with van der Waals surface area (Å²) in [6, 6.07) is 7.91. The minimum absolute atomic E-state index is 0.0161. The van der Waals surface area contributed by atoms with Crippen LogP contribution in [0.25, 0.3) is 0 Å². The summed E-state index contributed by atoms with van der Waals surface area (Å²) in [6.45, 7) is -0.549. The van der Waals surface area contributed by atoms with Gasteiger partial charge in [0, 0.05) is 6.54 Å². The highest BCUT2D eigenvalue weighted by molar-refractivity contribution is 7.89. The van der Waals surface area contributed by atoms with Gasteiger partial charge in [0.1, 0.15) is 10.6 Å². The van der Waals surface area contributed by atoms with Crippen molar-refractivity contribution in [3.8, 4) is 5.75 Å². The van der Waals surface area contributed by atoms with Crippen LogP contribution in [0.15, 0.2) is 53.4 Å². The molecule has 0 atom stereocenters. The number of hydrogen-bond acceptors (Lipinski definition) is 3. The minimum atomic E-state index is -5.10. The number of sulfonamides is 1. The van der Waals surface area contributed by atoms with Crippen LogP contribution in [0.4, 0.5) is 26.3 Å². The molecule has 1 N–H and O–H groups in total. The molecule has 0 radical (unpaired) electrons. The van der Waals surface area contributed by atoms with Crippen LogP contribution in [0, 0.1) is 0 Å². The molecule has 0 saturated heterocycles. The van der Waals surface area contributed by atoms with Crippen molar-refractivity contribution in [3.63, 3.8) is 0 Å². The quantitative estimate of drug-likeness (QED) is 0.771. The third kappa shape index (κ3) is 5.36. The van der Waals surface area contributed by atoms with E-state index in [0.29, 0.717) is 0 Å². The zero-order chi connectivity index (χ0) is 19.6. The fourth-order valence-electron chi connectivity index (χ4n) is 1.99. The van der Waals surface area contributed by atoms with E-state index in [0.717, 1.165) is 36.4 Å². The summed E-state index contributed by atoms with van der Waals surface area (Å²) in [6.07, 6.45) is -9.71. The summed E-state index contributed by atoms with van der Waals surface area (Å²) < 4.78 is 105. The summed E-state index contributed by atoms with van der Waals surface area (Å²) in [5, 5.41) is 0. The Morgan fingerprint density at radius 3 is 2.19 bits per heavy atom. The Labute approximate surface area is 144 Å². The molecule has 0 spiro atoms. The lowest BCUT2D eigenvalue weighted by atomic mass is 10.1. The van der Waals surface area contributed by atoms with Crippen molar-refractivity contribution in [2.45, 2.75) is 24.0 Å². The average molecular weight is 399 g/mol. The Hall–Kier alpha value is -2.27. The van der Waals surface area contributed by atoms with Crippen LogP contribution < -0.4 is 9.46 Å². The van der Waals surface area contributed by atoms with Crippen LogP contribution in [0.2, 0.25) is 0 Å². The van der Waals surface area contributed by atoms with E-state index < -0.39 is 45.3 Å². The normalized spacial score (nSPS) is 12.8. The van der Waals surface area contributed by atoms with E-state index in [1.807, 2.05) is 4.72 Å². The largest absolute Gasteiger partial charge is 0.573 e. The number of alkyl halides is 6. The highest BCUT2D eigenvalue weighted by Gasteiger charge is 2.34. The van der Waals surface area contributed by atoms with Gasteiger partial charge in [-0.1, -0.05) is 30.3 Å². The van der Waals surface area contributed by atoms with Gasteiger partial charge in [-0.2, -0.15) is 13.2 Å². The predicted molar refractivity (Wildman–Crippen MR) is 78.6 cm³/mol. The molecule has 0 bridgehead atoms. The van der Waals surface area contributed by atoms with Gasteiger partial charge >= 0.3 is 12.5 Å². The van der Waals surface area contributed by atoms with Gasteiger partial charge in [0.15, 0.2) is 0 Å². The second kappa shape index (κ2) is 7.16. The van der Waals surface area contributed by atoms with Crippen molar-refractivity contribution >= 4 is 10.0 Å². The Morgan fingerprint density at radius 1 is 0.923 bits per heavy atom. The third-order valence-corrected chi connectivity index (χ3v) is 4.53. The molecular formula is C15H11F6NO3S. The van der Waals surface area contributed by atoms with E-state index in [1.165, 1.54) is 12.1 Å². The topological polar surface area (TPSA) is 55.4 Å². The monoisotopic (exact) mass is 399 g/mol. The molecule has 2 aromatic carbocycles. The molecule has 0 unspecified atom stereocenters. The maximum Gasteiger partial charge on any atom is 0.573 e. The van der Waals surface area contributed by atoms with Gasteiger partial charge in [0.2, 0.25) is 10.0 Å². The predicted octanol–water partition coefficient (Wildman–Crippen LogP) is 4.08. The molecule has 26 heavy (non-hydrogen) atoms. The summed E-state index contributed by atoms with van der Waals surface area (Å²) in [4.78, 5) is -0.788. The molecule has 0 aliphatic heterocycles. The van der Waals surface area contributed by atoms with Crippen LogP contribution in [-0.4, -0.2) is 14.8 Å². The molecule has 0 fully saturated rings. The SMILES string of the molecule is O=S(=O)(NCc1cccc(C(F)(F)F)c1)c1ccccc1OC(F)(F)F. The first-order valence-electron chi connectivity index (χ1n) is 6.89. The highest BCUT2D eigenvalue weighted by atomic mass is 32.2. The Morgan fingerprint density at radius 2 is 1.58 bits per heavy atom. The molecule has 4 nitrogen and oxygen atoms in total. The number of rotatable bonds is 5. The molecule has 2 rings (SSSR count). The van der Waals surface area contributed by atoms with Crippen LogP contribution in [0.5, 0.6) is 5.75 Å². The lowest BCUT2D eigenvalue weighted by molar-refractivity contribution is -0.275. The molecule has 142 valence electrons. The fourth-order valence-corrected chi connectivity index (χ4v) is 3.14. The average Bonchev–Trinajstić information content (AvgIpc) is 2.51. The number of halogens is 6. The van der Waals surface area contributed by atoms with Gasteiger partial charge in [-0.3, -0.25) is 0 Å². The number of nitrogens with one attached hydrogen (secondary N) is 1. The molecule has 2 aromatic rings. The third-order valence-electron chi connectivity index (χ3n) is 3.08. The van der Waals surface area contributed by atoms with Crippen molar-refractivity contribution < 1.29 is 39.5 Å². The van der Waals surface area contributed by atoms with E-state index in [1.54, 1.807) is 0 Å². The summed E-state index contributed by atoms with van der Waals surface area (Å²) in [5.41, 5.74) is -0.993.